The van der Waals surface area contributed by atoms with Crippen LogP contribution in [0, 0.1) is 0 Å². The van der Waals surface area contributed by atoms with Gasteiger partial charge in [-0.15, -0.1) is 12.4 Å². The van der Waals surface area contributed by atoms with Gasteiger partial charge in [-0.25, -0.2) is 25.2 Å². The second-order valence-electron chi connectivity index (χ2n) is 6.59. The molecule has 0 spiro atoms. The third-order valence-electron chi connectivity index (χ3n) is 2.25. The lowest BCUT2D eigenvalue weighted by atomic mass is 10.2. The van der Waals surface area contributed by atoms with Crippen molar-refractivity contribution in [3.05, 3.63) is 0 Å². The SMILES string of the molecule is CCOC(=O)CN.CCOC(=O)CNC(=O)NNC(=O)OC(C)(C)C.Cl.O=C(OC(Cl)(Cl)Cl)OC(Cl)(Cl)Cl. The number of alkyl halides is 6. The molecule has 226 valence electrons. The van der Waals surface area contributed by atoms with E-state index in [4.69, 9.17) is 80.1 Å². The summed E-state index contributed by atoms with van der Waals surface area (Å²) in [6.07, 6.45) is -2.20. The van der Waals surface area contributed by atoms with E-state index in [1.54, 1.807) is 34.6 Å². The molecule has 0 radical (unpaired) electrons. The molecule has 0 atom stereocenters. The molecule has 0 aliphatic carbocycles. The molecule has 0 aromatic carbocycles. The molecule has 0 aromatic heterocycles. The molecule has 3 amide bonds. The summed E-state index contributed by atoms with van der Waals surface area (Å²) in [5, 5.41) is 2.19. The highest BCUT2D eigenvalue weighted by molar-refractivity contribution is 6.67. The summed E-state index contributed by atoms with van der Waals surface area (Å²) < 4.78 is 17.4. The predicted octanol–water partition coefficient (Wildman–Crippen LogP) is 4.01. The van der Waals surface area contributed by atoms with E-state index in [-0.39, 0.29) is 38.1 Å². The summed E-state index contributed by atoms with van der Waals surface area (Å²) in [6.45, 7) is 8.81. The molecule has 0 rings (SSSR count). The number of hydrogen-bond donors (Lipinski definition) is 4. The molecule has 14 nitrogen and oxygen atoms in total. The fourth-order valence-corrected chi connectivity index (χ4v) is 1.63. The number of amides is 3. The number of nitrogens with one attached hydrogen (secondary N) is 3. The minimum absolute atomic E-state index is 0. The van der Waals surface area contributed by atoms with E-state index < -0.39 is 37.8 Å². The van der Waals surface area contributed by atoms with Crippen LogP contribution < -0.4 is 21.9 Å². The quantitative estimate of drug-likeness (QED) is 0.140. The zero-order valence-electron chi connectivity index (χ0n) is 20.7. The standard InChI is InChI=1S/C10H19N3O5.C4H9NO2.C3Cl6O3.ClH/c1-5-17-7(14)6-11-8(15)12-13-9(16)18-10(2,3)4;1-2-7-4(6)3-5;4-2(5,6)11-1(10)12-3(7,8)9;/h5-6H2,1-4H3,(H,13,16)(H2,11,12,15);2-3,5H2,1H3;;1H. The number of esters is 2. The monoisotopic (exact) mass is 694 g/mol. The number of urea groups is 1. The lowest BCUT2D eigenvalue weighted by Crippen LogP contribution is -2.49. The first-order valence-corrected chi connectivity index (χ1v) is 12.0. The minimum Gasteiger partial charge on any atom is -0.465 e. The Morgan fingerprint density at radius 2 is 1.16 bits per heavy atom. The van der Waals surface area contributed by atoms with Crippen molar-refractivity contribution in [3.63, 3.8) is 0 Å². The van der Waals surface area contributed by atoms with Crippen molar-refractivity contribution in [1.29, 1.82) is 0 Å². The minimum atomic E-state index is -2.24. The number of ether oxygens (including phenoxy) is 5. The van der Waals surface area contributed by atoms with Crippen LogP contribution in [0.5, 0.6) is 0 Å². The summed E-state index contributed by atoms with van der Waals surface area (Å²) in [5.41, 5.74) is 8.26. The molecule has 0 aliphatic heterocycles. The summed E-state index contributed by atoms with van der Waals surface area (Å²) in [6, 6.07) is -0.742. The van der Waals surface area contributed by atoms with E-state index in [9.17, 15) is 24.0 Å². The molecule has 38 heavy (non-hydrogen) atoms. The van der Waals surface area contributed by atoms with Crippen molar-refractivity contribution in [2.45, 2.75) is 48.2 Å². The van der Waals surface area contributed by atoms with Gasteiger partial charge in [-0.1, -0.05) is 0 Å². The average molecular weight is 698 g/mol. The third kappa shape index (κ3) is 39.3. The molecule has 0 aliphatic rings. The molecular formula is C17H29Cl7N4O10. The Bertz CT molecular complexity index is 711. The maximum absolute atomic E-state index is 11.1. The van der Waals surface area contributed by atoms with Crippen LogP contribution >= 0.6 is 82.0 Å². The molecule has 0 fully saturated rings. The van der Waals surface area contributed by atoms with Crippen LogP contribution in [0.2, 0.25) is 0 Å². The van der Waals surface area contributed by atoms with Crippen LogP contribution in [0.4, 0.5) is 14.4 Å². The Hall–Kier alpha value is -1.26. The van der Waals surface area contributed by atoms with Gasteiger partial charge >= 0.3 is 38.2 Å². The van der Waals surface area contributed by atoms with Crippen LogP contribution in [0.3, 0.4) is 0 Å². The van der Waals surface area contributed by atoms with E-state index in [0.717, 1.165) is 0 Å². The Morgan fingerprint density at radius 3 is 1.47 bits per heavy atom. The van der Waals surface area contributed by atoms with Gasteiger partial charge in [0.1, 0.15) is 12.1 Å². The van der Waals surface area contributed by atoms with E-state index in [1.165, 1.54) is 0 Å². The van der Waals surface area contributed by atoms with Gasteiger partial charge in [0.05, 0.1) is 19.8 Å². The molecule has 0 bridgehead atoms. The molecule has 0 aromatic rings. The second-order valence-corrected chi connectivity index (χ2v) is 10.9. The Morgan fingerprint density at radius 1 is 0.737 bits per heavy atom. The van der Waals surface area contributed by atoms with Gasteiger partial charge in [-0.3, -0.25) is 9.59 Å². The maximum Gasteiger partial charge on any atom is 0.515 e. The first-order chi connectivity index (χ1) is 16.7. The summed E-state index contributed by atoms with van der Waals surface area (Å²) in [4.78, 5) is 53.7. The van der Waals surface area contributed by atoms with Crippen molar-refractivity contribution >= 4 is 112 Å². The highest BCUT2D eigenvalue weighted by atomic mass is 35.6. The number of rotatable bonds is 5. The Labute approximate surface area is 255 Å². The average Bonchev–Trinajstić information content (AvgIpc) is 2.68. The number of nitrogens with two attached hydrogens (primary N) is 1. The number of hydrazine groups is 1. The normalized spacial score (nSPS) is 10.3. The van der Waals surface area contributed by atoms with Crippen molar-refractivity contribution < 1.29 is 47.7 Å². The summed E-state index contributed by atoms with van der Waals surface area (Å²) in [5.74, 6) is -0.910. The van der Waals surface area contributed by atoms with Crippen molar-refractivity contribution in [1.82, 2.24) is 16.2 Å². The molecule has 0 saturated heterocycles. The fourth-order valence-electron chi connectivity index (χ4n) is 1.25. The fraction of sp³-hybridized carbons (Fsp3) is 0.706. The molecule has 5 N–H and O–H groups in total. The Balaban J connectivity index is -0.000000249. The Kier molecular flexibility index (Phi) is 26.0. The van der Waals surface area contributed by atoms with Gasteiger partial charge in [0.25, 0.3) is 0 Å². The number of carbonyl (C=O) groups is 5. The van der Waals surface area contributed by atoms with Gasteiger partial charge in [-0.05, 0) is 104 Å². The first-order valence-electron chi connectivity index (χ1n) is 9.75. The smallest absolute Gasteiger partial charge is 0.465 e. The van der Waals surface area contributed by atoms with Gasteiger partial charge < -0.3 is 34.7 Å². The first kappa shape index (κ1) is 43.8. The van der Waals surface area contributed by atoms with E-state index in [0.29, 0.717) is 6.61 Å². The molecule has 0 unspecified atom stereocenters. The largest absolute Gasteiger partial charge is 0.515 e. The number of carbonyl (C=O) groups excluding carboxylic acids is 5. The van der Waals surface area contributed by atoms with Crippen LogP contribution in [-0.2, 0) is 33.3 Å². The maximum atomic E-state index is 11.1. The van der Waals surface area contributed by atoms with Crippen molar-refractivity contribution in [2.75, 3.05) is 26.3 Å². The second kappa shape index (κ2) is 22.5. The lowest BCUT2D eigenvalue weighted by molar-refractivity contribution is -0.142. The van der Waals surface area contributed by atoms with Crippen LogP contribution in [0.1, 0.15) is 34.6 Å². The molecule has 0 heterocycles. The van der Waals surface area contributed by atoms with Crippen LogP contribution in [0.15, 0.2) is 0 Å². The van der Waals surface area contributed by atoms with E-state index in [1.807, 2.05) is 10.9 Å². The molecular weight excluding hydrogens is 668 g/mol. The van der Waals surface area contributed by atoms with E-state index in [2.05, 4.69) is 24.3 Å². The third-order valence-corrected chi connectivity index (χ3v) is 2.71. The van der Waals surface area contributed by atoms with Crippen LogP contribution in [-0.4, -0.2) is 70.1 Å². The number of hydrogen-bond acceptors (Lipinski definition) is 11. The van der Waals surface area contributed by atoms with Gasteiger partial charge in [0.2, 0.25) is 0 Å². The van der Waals surface area contributed by atoms with Crippen molar-refractivity contribution in [2.24, 2.45) is 5.73 Å². The van der Waals surface area contributed by atoms with Gasteiger partial charge in [-0.2, -0.15) is 0 Å². The summed E-state index contributed by atoms with van der Waals surface area (Å²) in [7, 11) is 0. The van der Waals surface area contributed by atoms with Crippen molar-refractivity contribution in [3.8, 4) is 0 Å². The predicted molar refractivity (Wildman–Crippen MR) is 144 cm³/mol. The highest BCUT2D eigenvalue weighted by Gasteiger charge is 2.32. The number of halogens is 7. The van der Waals surface area contributed by atoms with Gasteiger partial charge in [0.15, 0.2) is 0 Å². The van der Waals surface area contributed by atoms with Crippen LogP contribution in [0.25, 0.3) is 0 Å². The zero-order valence-corrected chi connectivity index (χ0v) is 26.0. The topological polar surface area (TPSA) is 194 Å². The molecule has 21 heteroatoms. The van der Waals surface area contributed by atoms with E-state index >= 15 is 0 Å². The lowest BCUT2D eigenvalue weighted by Gasteiger charge is -2.19. The van der Waals surface area contributed by atoms with Gasteiger partial charge in [0, 0.05) is 0 Å². The summed E-state index contributed by atoms with van der Waals surface area (Å²) >= 11 is 30.2. The molecule has 0 saturated carbocycles. The highest BCUT2D eigenvalue weighted by Crippen LogP contribution is 2.32. The zero-order chi connectivity index (χ0) is 29.9.